The normalized spacial score (nSPS) is 18.9. The Hall–Kier alpha value is -2.24. The number of carbonyl (C=O) groups is 1. The van der Waals surface area contributed by atoms with Crippen LogP contribution in [0.1, 0.15) is 19.8 Å². The van der Waals surface area contributed by atoms with Crippen molar-refractivity contribution in [3.63, 3.8) is 0 Å². The molecule has 0 aliphatic carbocycles. The van der Waals surface area contributed by atoms with Gasteiger partial charge in [-0.25, -0.2) is 14.4 Å². The predicted octanol–water partition coefficient (Wildman–Crippen LogP) is 0.769. The maximum atomic E-state index is 12.9. The zero-order valence-corrected chi connectivity index (χ0v) is 15.7. The Morgan fingerprint density at radius 1 is 1.15 bits per heavy atom. The summed E-state index contributed by atoms with van der Waals surface area (Å²) < 4.78 is 18.7. The molecule has 2 fully saturated rings. The van der Waals surface area contributed by atoms with Gasteiger partial charge < -0.3 is 14.5 Å². The summed E-state index contributed by atoms with van der Waals surface area (Å²) in [5.41, 5.74) is 0. The summed E-state index contributed by atoms with van der Waals surface area (Å²) in [6.45, 7) is 7.67. The molecule has 27 heavy (non-hydrogen) atoms. The SMILES string of the molecule is CC(=O)N1CCN(CC#CCOC2CCN(c3ncc(F)cn3)CC2)CC1. The molecule has 0 saturated carbocycles. The van der Waals surface area contributed by atoms with Crippen molar-refractivity contribution in [3.05, 3.63) is 18.2 Å². The first-order valence-corrected chi connectivity index (χ1v) is 9.39. The third-order valence-corrected chi connectivity index (χ3v) is 4.97. The molecule has 0 unspecified atom stereocenters. The van der Waals surface area contributed by atoms with Gasteiger partial charge in [0.1, 0.15) is 6.61 Å². The number of anilines is 1. The Kier molecular flexibility index (Phi) is 6.96. The second-order valence-electron chi connectivity index (χ2n) is 6.83. The molecule has 0 radical (unpaired) electrons. The fraction of sp³-hybridized carbons (Fsp3) is 0.632. The minimum absolute atomic E-state index is 0.145. The van der Waals surface area contributed by atoms with Gasteiger partial charge in [-0.1, -0.05) is 11.8 Å². The largest absolute Gasteiger partial charge is 0.365 e. The van der Waals surface area contributed by atoms with Crippen LogP contribution in [-0.4, -0.2) is 84.2 Å². The summed E-state index contributed by atoms with van der Waals surface area (Å²) in [5.74, 6) is 6.54. The first-order valence-electron chi connectivity index (χ1n) is 9.39. The Morgan fingerprint density at radius 3 is 2.44 bits per heavy atom. The van der Waals surface area contributed by atoms with E-state index in [4.69, 9.17) is 4.74 Å². The standard InChI is InChI=1S/C19H26FN5O2/c1-16(26)24-11-9-23(10-12-24)6-2-3-13-27-18-4-7-25(8-5-18)19-21-14-17(20)15-22-19/h14-15,18H,4-13H2,1H3. The van der Waals surface area contributed by atoms with E-state index in [0.29, 0.717) is 12.6 Å². The van der Waals surface area contributed by atoms with Crippen molar-refractivity contribution in [2.45, 2.75) is 25.9 Å². The van der Waals surface area contributed by atoms with Crippen molar-refractivity contribution in [1.82, 2.24) is 19.8 Å². The number of aromatic nitrogens is 2. The number of ether oxygens (including phenoxy) is 1. The number of rotatable bonds is 4. The summed E-state index contributed by atoms with van der Waals surface area (Å²) in [5, 5.41) is 0. The summed E-state index contributed by atoms with van der Waals surface area (Å²) in [7, 11) is 0. The van der Waals surface area contributed by atoms with Gasteiger partial charge in [0.25, 0.3) is 0 Å². The molecule has 1 aromatic heterocycles. The van der Waals surface area contributed by atoms with Crippen LogP contribution in [0.15, 0.2) is 12.4 Å². The third kappa shape index (κ3) is 5.88. The molecule has 0 N–H and O–H groups in total. The van der Waals surface area contributed by atoms with Crippen LogP contribution >= 0.6 is 0 Å². The number of halogens is 1. The summed E-state index contributed by atoms with van der Waals surface area (Å²) in [6, 6.07) is 0. The van der Waals surface area contributed by atoms with Crippen LogP contribution < -0.4 is 4.90 Å². The van der Waals surface area contributed by atoms with Gasteiger partial charge in [-0.05, 0) is 12.8 Å². The number of hydrogen-bond acceptors (Lipinski definition) is 6. The smallest absolute Gasteiger partial charge is 0.225 e. The molecule has 2 saturated heterocycles. The highest BCUT2D eigenvalue weighted by Gasteiger charge is 2.21. The molecule has 3 heterocycles. The first kappa shape index (κ1) is 19.5. The van der Waals surface area contributed by atoms with Crippen LogP contribution in [-0.2, 0) is 9.53 Å². The van der Waals surface area contributed by atoms with Gasteiger partial charge in [0.15, 0.2) is 5.82 Å². The molecule has 0 spiro atoms. The Morgan fingerprint density at radius 2 is 1.81 bits per heavy atom. The first-order chi connectivity index (χ1) is 13.1. The van der Waals surface area contributed by atoms with Crippen molar-refractivity contribution in [1.29, 1.82) is 0 Å². The molecule has 0 aromatic carbocycles. The van der Waals surface area contributed by atoms with E-state index in [9.17, 15) is 9.18 Å². The fourth-order valence-electron chi connectivity index (χ4n) is 3.29. The van der Waals surface area contributed by atoms with Gasteiger partial charge in [-0.15, -0.1) is 0 Å². The topological polar surface area (TPSA) is 61.8 Å². The second kappa shape index (κ2) is 9.62. The molecule has 3 rings (SSSR count). The van der Waals surface area contributed by atoms with Gasteiger partial charge in [-0.2, -0.15) is 0 Å². The molecule has 146 valence electrons. The van der Waals surface area contributed by atoms with Crippen LogP contribution in [0.4, 0.5) is 10.3 Å². The molecule has 1 amide bonds. The Labute approximate surface area is 159 Å². The highest BCUT2D eigenvalue weighted by molar-refractivity contribution is 5.73. The number of piperidine rings is 1. The minimum atomic E-state index is -0.420. The number of piperazine rings is 1. The van der Waals surface area contributed by atoms with E-state index in [0.717, 1.165) is 58.7 Å². The summed E-state index contributed by atoms with van der Waals surface area (Å²) in [6.07, 6.45) is 4.35. The molecule has 1 aromatic rings. The van der Waals surface area contributed by atoms with Crippen molar-refractivity contribution < 1.29 is 13.9 Å². The average Bonchev–Trinajstić information content (AvgIpc) is 2.69. The van der Waals surface area contributed by atoms with E-state index in [1.807, 2.05) is 9.80 Å². The van der Waals surface area contributed by atoms with Crippen molar-refractivity contribution in [2.24, 2.45) is 0 Å². The maximum absolute atomic E-state index is 12.9. The lowest BCUT2D eigenvalue weighted by atomic mass is 10.1. The van der Waals surface area contributed by atoms with Crippen LogP contribution in [0.2, 0.25) is 0 Å². The van der Waals surface area contributed by atoms with Gasteiger partial charge in [0, 0.05) is 46.2 Å². The van der Waals surface area contributed by atoms with E-state index in [1.165, 1.54) is 12.4 Å². The van der Waals surface area contributed by atoms with E-state index in [2.05, 4.69) is 26.7 Å². The van der Waals surface area contributed by atoms with Gasteiger partial charge in [0.05, 0.1) is 25.0 Å². The molecule has 2 aliphatic heterocycles. The fourth-order valence-corrected chi connectivity index (χ4v) is 3.29. The third-order valence-electron chi connectivity index (χ3n) is 4.97. The van der Waals surface area contributed by atoms with Crippen molar-refractivity contribution in [2.75, 3.05) is 57.3 Å². The predicted molar refractivity (Wildman–Crippen MR) is 99.6 cm³/mol. The molecule has 2 aliphatic rings. The van der Waals surface area contributed by atoms with Gasteiger partial charge in [-0.3, -0.25) is 9.69 Å². The van der Waals surface area contributed by atoms with E-state index in [-0.39, 0.29) is 12.0 Å². The zero-order valence-electron chi connectivity index (χ0n) is 15.7. The van der Waals surface area contributed by atoms with E-state index in [1.54, 1.807) is 6.92 Å². The molecular weight excluding hydrogens is 349 g/mol. The lowest BCUT2D eigenvalue weighted by Crippen LogP contribution is -2.47. The lowest BCUT2D eigenvalue weighted by molar-refractivity contribution is -0.130. The van der Waals surface area contributed by atoms with Crippen LogP contribution in [0.5, 0.6) is 0 Å². The van der Waals surface area contributed by atoms with Crippen molar-refractivity contribution in [3.8, 4) is 11.8 Å². The molecule has 7 nitrogen and oxygen atoms in total. The second-order valence-corrected chi connectivity index (χ2v) is 6.83. The highest BCUT2D eigenvalue weighted by Crippen LogP contribution is 2.17. The summed E-state index contributed by atoms with van der Waals surface area (Å²) in [4.78, 5) is 25.5. The van der Waals surface area contributed by atoms with Crippen LogP contribution in [0.3, 0.4) is 0 Å². The lowest BCUT2D eigenvalue weighted by Gasteiger charge is -2.33. The number of hydrogen-bond donors (Lipinski definition) is 0. The Bertz CT molecular complexity index is 672. The average molecular weight is 375 g/mol. The number of nitrogens with zero attached hydrogens (tertiary/aromatic N) is 5. The maximum Gasteiger partial charge on any atom is 0.225 e. The monoisotopic (exact) mass is 375 g/mol. The van der Waals surface area contributed by atoms with Crippen molar-refractivity contribution >= 4 is 11.9 Å². The number of carbonyl (C=O) groups excluding carboxylic acids is 1. The van der Waals surface area contributed by atoms with Crippen LogP contribution in [0, 0.1) is 17.7 Å². The highest BCUT2D eigenvalue weighted by atomic mass is 19.1. The Balaban J connectivity index is 1.30. The van der Waals surface area contributed by atoms with E-state index >= 15 is 0 Å². The molecular formula is C19H26FN5O2. The number of amides is 1. The van der Waals surface area contributed by atoms with Crippen LogP contribution in [0.25, 0.3) is 0 Å². The van der Waals surface area contributed by atoms with Gasteiger partial charge in [0.2, 0.25) is 11.9 Å². The zero-order chi connectivity index (χ0) is 19.1. The summed E-state index contributed by atoms with van der Waals surface area (Å²) >= 11 is 0. The molecule has 0 atom stereocenters. The minimum Gasteiger partial charge on any atom is -0.365 e. The quantitative estimate of drug-likeness (QED) is 0.725. The van der Waals surface area contributed by atoms with E-state index < -0.39 is 5.82 Å². The molecule has 0 bridgehead atoms. The van der Waals surface area contributed by atoms with Gasteiger partial charge >= 0.3 is 0 Å². The molecule has 8 heteroatoms.